The number of hydrogen-bond acceptors (Lipinski definition) is 3. The van der Waals surface area contributed by atoms with Crippen LogP contribution < -0.4 is 5.32 Å². The maximum Gasteiger partial charge on any atom is 0.0573 e. The quantitative estimate of drug-likeness (QED) is 0.872. The molecule has 2 rings (SSSR count). The van der Waals surface area contributed by atoms with E-state index in [0.717, 1.165) is 13.0 Å². The van der Waals surface area contributed by atoms with E-state index in [1.54, 1.807) is 11.3 Å². The van der Waals surface area contributed by atoms with E-state index in [9.17, 15) is 0 Å². The van der Waals surface area contributed by atoms with Crippen LogP contribution in [-0.2, 0) is 13.0 Å². The Kier molecular flexibility index (Phi) is 4.29. The van der Waals surface area contributed by atoms with Crippen molar-refractivity contribution in [1.29, 1.82) is 0 Å². The van der Waals surface area contributed by atoms with E-state index >= 15 is 0 Å². The molecule has 0 bridgehead atoms. The van der Waals surface area contributed by atoms with Crippen LogP contribution in [0, 0.1) is 0 Å². The molecular formula is C14H18N2S. The predicted octanol–water partition coefficient (Wildman–Crippen LogP) is 3.56. The normalized spacial score (nSPS) is 12.6. The van der Waals surface area contributed by atoms with Crippen LogP contribution >= 0.6 is 11.3 Å². The van der Waals surface area contributed by atoms with E-state index < -0.39 is 0 Å². The molecule has 0 fully saturated rings. The molecule has 1 atom stereocenters. The number of pyridine rings is 1. The van der Waals surface area contributed by atoms with Gasteiger partial charge in [0, 0.05) is 23.7 Å². The van der Waals surface area contributed by atoms with Crippen molar-refractivity contribution in [1.82, 2.24) is 10.3 Å². The summed E-state index contributed by atoms with van der Waals surface area (Å²) in [6.07, 6.45) is 2.91. The molecule has 0 aliphatic heterocycles. The molecule has 1 N–H and O–H groups in total. The van der Waals surface area contributed by atoms with Gasteiger partial charge in [-0.15, -0.1) is 11.3 Å². The van der Waals surface area contributed by atoms with Crippen molar-refractivity contribution in [2.45, 2.75) is 32.9 Å². The molecule has 3 heteroatoms. The third kappa shape index (κ3) is 3.14. The summed E-state index contributed by atoms with van der Waals surface area (Å²) < 4.78 is 0. The largest absolute Gasteiger partial charge is 0.304 e. The lowest BCUT2D eigenvalue weighted by atomic mass is 10.1. The van der Waals surface area contributed by atoms with Crippen LogP contribution in [0.1, 0.15) is 36.0 Å². The summed E-state index contributed by atoms with van der Waals surface area (Å²) in [4.78, 5) is 5.82. The first-order chi connectivity index (χ1) is 8.31. The molecule has 0 saturated heterocycles. The summed E-state index contributed by atoms with van der Waals surface area (Å²) >= 11 is 1.79. The standard InChI is InChI=1S/C14H18N2S/c1-3-12-6-4-8-15-13(12)10-16-11(2)14-7-5-9-17-14/h4-9,11,16H,3,10H2,1-2H3. The van der Waals surface area contributed by atoms with Gasteiger partial charge in [0.15, 0.2) is 0 Å². The minimum Gasteiger partial charge on any atom is -0.304 e. The van der Waals surface area contributed by atoms with Gasteiger partial charge in [-0.25, -0.2) is 0 Å². The van der Waals surface area contributed by atoms with Crippen LogP contribution in [0.4, 0.5) is 0 Å². The van der Waals surface area contributed by atoms with Crippen LogP contribution in [0.15, 0.2) is 35.8 Å². The third-order valence-corrected chi connectivity index (χ3v) is 3.97. The zero-order chi connectivity index (χ0) is 12.1. The SMILES string of the molecule is CCc1cccnc1CNC(C)c1cccs1. The first kappa shape index (κ1) is 12.3. The van der Waals surface area contributed by atoms with E-state index in [-0.39, 0.29) is 0 Å². The lowest BCUT2D eigenvalue weighted by Gasteiger charge is -2.13. The highest BCUT2D eigenvalue weighted by Crippen LogP contribution is 2.18. The second-order valence-electron chi connectivity index (χ2n) is 4.08. The topological polar surface area (TPSA) is 24.9 Å². The second-order valence-corrected chi connectivity index (χ2v) is 5.06. The minimum absolute atomic E-state index is 0.390. The Morgan fingerprint density at radius 2 is 2.24 bits per heavy atom. The highest BCUT2D eigenvalue weighted by atomic mass is 32.1. The van der Waals surface area contributed by atoms with Crippen LogP contribution in [0.5, 0.6) is 0 Å². The average molecular weight is 246 g/mol. The van der Waals surface area contributed by atoms with Gasteiger partial charge in [-0.1, -0.05) is 19.1 Å². The number of nitrogens with zero attached hydrogens (tertiary/aromatic N) is 1. The molecule has 0 radical (unpaired) electrons. The van der Waals surface area contributed by atoms with Crippen LogP contribution in [0.3, 0.4) is 0 Å². The Balaban J connectivity index is 1.98. The van der Waals surface area contributed by atoms with Gasteiger partial charge in [0.1, 0.15) is 0 Å². The molecule has 90 valence electrons. The Morgan fingerprint density at radius 1 is 1.35 bits per heavy atom. The molecule has 0 amide bonds. The highest BCUT2D eigenvalue weighted by Gasteiger charge is 2.07. The molecule has 2 nitrogen and oxygen atoms in total. The van der Waals surface area contributed by atoms with E-state index in [2.05, 4.69) is 47.7 Å². The van der Waals surface area contributed by atoms with E-state index in [4.69, 9.17) is 0 Å². The van der Waals surface area contributed by atoms with Gasteiger partial charge in [-0.3, -0.25) is 4.98 Å². The molecule has 0 aliphatic carbocycles. The fourth-order valence-electron chi connectivity index (χ4n) is 1.84. The maximum atomic E-state index is 4.44. The first-order valence-corrected chi connectivity index (χ1v) is 6.88. The van der Waals surface area contributed by atoms with Crippen molar-refractivity contribution in [2.24, 2.45) is 0 Å². The van der Waals surface area contributed by atoms with Crippen molar-refractivity contribution in [3.8, 4) is 0 Å². The lowest BCUT2D eigenvalue weighted by molar-refractivity contribution is 0.573. The van der Waals surface area contributed by atoms with Crippen molar-refractivity contribution in [3.63, 3.8) is 0 Å². The van der Waals surface area contributed by atoms with Gasteiger partial charge in [-0.2, -0.15) is 0 Å². The van der Waals surface area contributed by atoms with Crippen molar-refractivity contribution >= 4 is 11.3 Å². The first-order valence-electron chi connectivity index (χ1n) is 6.00. The molecule has 17 heavy (non-hydrogen) atoms. The molecule has 2 aromatic heterocycles. The Labute approximate surface area is 107 Å². The van der Waals surface area contributed by atoms with Gasteiger partial charge in [0.25, 0.3) is 0 Å². The zero-order valence-electron chi connectivity index (χ0n) is 10.3. The molecule has 0 saturated carbocycles. The van der Waals surface area contributed by atoms with Crippen molar-refractivity contribution < 1.29 is 0 Å². The molecular weight excluding hydrogens is 228 g/mol. The minimum atomic E-state index is 0.390. The smallest absolute Gasteiger partial charge is 0.0573 e. The van der Waals surface area contributed by atoms with Gasteiger partial charge in [0.05, 0.1) is 5.69 Å². The molecule has 0 aromatic carbocycles. The Hall–Kier alpha value is -1.19. The van der Waals surface area contributed by atoms with Gasteiger partial charge in [0.2, 0.25) is 0 Å². The summed E-state index contributed by atoms with van der Waals surface area (Å²) in [7, 11) is 0. The molecule has 2 aromatic rings. The van der Waals surface area contributed by atoms with Crippen molar-refractivity contribution in [3.05, 3.63) is 52.0 Å². The van der Waals surface area contributed by atoms with Crippen LogP contribution in [-0.4, -0.2) is 4.98 Å². The maximum absolute atomic E-state index is 4.44. The summed E-state index contributed by atoms with van der Waals surface area (Å²) in [5, 5.41) is 5.64. The number of thiophene rings is 1. The molecule has 2 heterocycles. The monoisotopic (exact) mass is 246 g/mol. The Morgan fingerprint density at radius 3 is 2.94 bits per heavy atom. The van der Waals surface area contributed by atoms with Crippen molar-refractivity contribution in [2.75, 3.05) is 0 Å². The Bertz CT molecular complexity index is 451. The molecule has 1 unspecified atom stereocenters. The van der Waals surface area contributed by atoms with E-state index in [0.29, 0.717) is 6.04 Å². The van der Waals surface area contributed by atoms with Gasteiger partial charge < -0.3 is 5.32 Å². The van der Waals surface area contributed by atoms with Crippen LogP contribution in [0.2, 0.25) is 0 Å². The van der Waals surface area contributed by atoms with E-state index in [1.807, 2.05) is 12.3 Å². The summed E-state index contributed by atoms with van der Waals surface area (Å²) in [6, 6.07) is 8.81. The lowest BCUT2D eigenvalue weighted by Crippen LogP contribution is -2.18. The summed E-state index contributed by atoms with van der Waals surface area (Å²) in [5.41, 5.74) is 2.50. The number of aromatic nitrogens is 1. The predicted molar refractivity (Wildman–Crippen MR) is 73.2 cm³/mol. The third-order valence-electron chi connectivity index (χ3n) is 2.91. The average Bonchev–Trinajstić information content (AvgIpc) is 2.90. The van der Waals surface area contributed by atoms with Crippen LogP contribution in [0.25, 0.3) is 0 Å². The fraction of sp³-hybridized carbons (Fsp3) is 0.357. The van der Waals surface area contributed by atoms with Gasteiger partial charge >= 0.3 is 0 Å². The second kappa shape index (κ2) is 5.94. The summed E-state index contributed by atoms with van der Waals surface area (Å²) in [5.74, 6) is 0. The number of aryl methyl sites for hydroxylation is 1. The van der Waals surface area contributed by atoms with Gasteiger partial charge in [-0.05, 0) is 36.4 Å². The fourth-order valence-corrected chi connectivity index (χ4v) is 2.60. The van der Waals surface area contributed by atoms with E-state index in [1.165, 1.54) is 16.1 Å². The number of rotatable bonds is 5. The highest BCUT2D eigenvalue weighted by molar-refractivity contribution is 7.10. The number of nitrogens with one attached hydrogen (secondary N) is 1. The molecule has 0 aliphatic rings. The summed E-state index contributed by atoms with van der Waals surface area (Å²) in [6.45, 7) is 5.20. The zero-order valence-corrected chi connectivity index (χ0v) is 11.1. The molecule has 0 spiro atoms. The number of hydrogen-bond donors (Lipinski definition) is 1.